The molecule has 15 heavy (non-hydrogen) atoms. The van der Waals surface area contributed by atoms with Crippen LogP contribution in [0.4, 0.5) is 0 Å². The zero-order valence-electron chi connectivity index (χ0n) is 8.68. The van der Waals surface area contributed by atoms with E-state index in [1.54, 1.807) is 0 Å². The maximum absolute atomic E-state index is 11.9. The van der Waals surface area contributed by atoms with Gasteiger partial charge in [0.05, 0.1) is 11.8 Å². The summed E-state index contributed by atoms with van der Waals surface area (Å²) < 4.78 is 0. The van der Waals surface area contributed by atoms with Crippen LogP contribution < -0.4 is 5.73 Å². The summed E-state index contributed by atoms with van der Waals surface area (Å²) in [6.07, 6.45) is 0.656. The van der Waals surface area contributed by atoms with Crippen LogP contribution in [0.5, 0.6) is 0 Å². The molecule has 0 aliphatic carbocycles. The van der Waals surface area contributed by atoms with Crippen LogP contribution in [0.1, 0.15) is 13.3 Å². The molecule has 1 aliphatic rings. The summed E-state index contributed by atoms with van der Waals surface area (Å²) in [5.41, 5.74) is 5.47. The van der Waals surface area contributed by atoms with Gasteiger partial charge in [0.2, 0.25) is 5.91 Å². The van der Waals surface area contributed by atoms with E-state index in [2.05, 4.69) is 0 Å². The minimum Gasteiger partial charge on any atom is -0.480 e. The van der Waals surface area contributed by atoms with Crippen LogP contribution in [0.15, 0.2) is 0 Å². The van der Waals surface area contributed by atoms with Gasteiger partial charge in [0.1, 0.15) is 6.04 Å². The highest BCUT2D eigenvalue weighted by Gasteiger charge is 2.36. The Bertz CT molecular complexity index is 256. The Hall–Kier alpha value is -0.750. The topological polar surface area (TPSA) is 83.6 Å². The normalized spacial score (nSPS) is 22.8. The van der Waals surface area contributed by atoms with Gasteiger partial charge in [-0.3, -0.25) is 4.79 Å². The molecule has 6 heteroatoms. The molecule has 3 N–H and O–H groups in total. The third-order valence-corrected chi connectivity index (χ3v) is 3.59. The lowest BCUT2D eigenvalue weighted by Gasteiger charge is -2.24. The van der Waals surface area contributed by atoms with Crippen molar-refractivity contribution in [2.75, 3.05) is 18.2 Å². The summed E-state index contributed by atoms with van der Waals surface area (Å²) >= 11 is 1.47. The lowest BCUT2D eigenvalue weighted by atomic mass is 10.0. The van der Waals surface area contributed by atoms with Crippen molar-refractivity contribution < 1.29 is 14.7 Å². The standard InChI is InChI=1S/C9H16N2O3S/c1-2-6(3-10)8(12)11-5-15-4-7(11)9(13)14/h6-7H,2-5,10H2,1H3,(H,13,14)/t6?,7-/m0/s1. The van der Waals surface area contributed by atoms with Gasteiger partial charge in [0.25, 0.3) is 0 Å². The van der Waals surface area contributed by atoms with Gasteiger partial charge in [-0.05, 0) is 6.42 Å². The highest BCUT2D eigenvalue weighted by atomic mass is 32.2. The Morgan fingerprint density at radius 3 is 2.80 bits per heavy atom. The maximum atomic E-state index is 11.9. The number of carbonyl (C=O) groups excluding carboxylic acids is 1. The molecule has 5 nitrogen and oxygen atoms in total. The number of nitrogens with two attached hydrogens (primary N) is 1. The summed E-state index contributed by atoms with van der Waals surface area (Å²) in [4.78, 5) is 24.2. The van der Waals surface area contributed by atoms with E-state index < -0.39 is 12.0 Å². The molecule has 1 unspecified atom stereocenters. The van der Waals surface area contributed by atoms with E-state index in [4.69, 9.17) is 10.8 Å². The first kappa shape index (κ1) is 12.3. The Balaban J connectivity index is 2.69. The number of hydrogen-bond acceptors (Lipinski definition) is 4. The third kappa shape index (κ3) is 2.63. The quantitative estimate of drug-likeness (QED) is 0.710. The first-order valence-corrected chi connectivity index (χ1v) is 6.08. The average molecular weight is 232 g/mol. The molecule has 1 fully saturated rings. The fraction of sp³-hybridized carbons (Fsp3) is 0.778. The van der Waals surface area contributed by atoms with Gasteiger partial charge in [0.15, 0.2) is 0 Å². The first-order chi connectivity index (χ1) is 7.11. The fourth-order valence-corrected chi connectivity index (χ4v) is 2.70. The molecular formula is C9H16N2O3S. The number of carbonyl (C=O) groups is 2. The van der Waals surface area contributed by atoms with Crippen molar-refractivity contribution in [2.45, 2.75) is 19.4 Å². The van der Waals surface area contributed by atoms with Crippen molar-refractivity contribution in [1.82, 2.24) is 4.90 Å². The van der Waals surface area contributed by atoms with Crippen LogP contribution in [0.25, 0.3) is 0 Å². The van der Waals surface area contributed by atoms with Crippen LogP contribution in [-0.4, -0.2) is 46.1 Å². The van der Waals surface area contributed by atoms with Crippen LogP contribution in [0.2, 0.25) is 0 Å². The molecule has 1 aliphatic heterocycles. The summed E-state index contributed by atoms with van der Waals surface area (Å²) in [6, 6.07) is -0.678. The number of carboxylic acid groups (broad SMARTS) is 1. The molecule has 1 amide bonds. The molecule has 1 rings (SSSR count). The SMILES string of the molecule is CCC(CN)C(=O)N1CSC[C@H]1C(=O)O. The van der Waals surface area contributed by atoms with Crippen molar-refractivity contribution in [3.8, 4) is 0 Å². The lowest BCUT2D eigenvalue weighted by Crippen LogP contribution is -2.45. The van der Waals surface area contributed by atoms with Gasteiger partial charge < -0.3 is 15.7 Å². The molecular weight excluding hydrogens is 216 g/mol. The Morgan fingerprint density at radius 2 is 2.33 bits per heavy atom. The van der Waals surface area contributed by atoms with E-state index in [-0.39, 0.29) is 18.4 Å². The summed E-state index contributed by atoms with van der Waals surface area (Å²) in [5.74, 6) is -0.364. The zero-order chi connectivity index (χ0) is 11.4. The van der Waals surface area contributed by atoms with Crippen LogP contribution >= 0.6 is 11.8 Å². The number of carboxylic acids is 1. The molecule has 0 aromatic carbocycles. The predicted molar refractivity (Wildman–Crippen MR) is 58.4 cm³/mol. The number of thioether (sulfide) groups is 1. The fourth-order valence-electron chi connectivity index (χ4n) is 1.54. The average Bonchev–Trinajstić information content (AvgIpc) is 2.67. The van der Waals surface area contributed by atoms with E-state index in [1.807, 2.05) is 6.92 Å². The molecule has 1 saturated heterocycles. The summed E-state index contributed by atoms with van der Waals surface area (Å²) in [7, 11) is 0. The number of aliphatic carboxylic acids is 1. The molecule has 0 radical (unpaired) electrons. The van der Waals surface area contributed by atoms with Crippen molar-refractivity contribution in [1.29, 1.82) is 0 Å². The maximum Gasteiger partial charge on any atom is 0.327 e. The molecule has 0 spiro atoms. The number of hydrogen-bond donors (Lipinski definition) is 2. The second kappa shape index (κ2) is 5.37. The Morgan fingerprint density at radius 1 is 1.67 bits per heavy atom. The summed E-state index contributed by atoms with van der Waals surface area (Å²) in [5, 5.41) is 8.92. The van der Waals surface area contributed by atoms with Crippen molar-refractivity contribution >= 4 is 23.6 Å². The van der Waals surface area contributed by atoms with Gasteiger partial charge in [-0.2, -0.15) is 0 Å². The van der Waals surface area contributed by atoms with Crippen molar-refractivity contribution in [2.24, 2.45) is 11.7 Å². The molecule has 2 atom stereocenters. The largest absolute Gasteiger partial charge is 0.480 e. The molecule has 86 valence electrons. The second-order valence-corrected chi connectivity index (χ2v) is 4.50. The smallest absolute Gasteiger partial charge is 0.327 e. The minimum absolute atomic E-state index is 0.127. The van der Waals surface area contributed by atoms with Gasteiger partial charge in [0, 0.05) is 12.3 Å². The van der Waals surface area contributed by atoms with Crippen LogP contribution in [-0.2, 0) is 9.59 Å². The summed E-state index contributed by atoms with van der Waals surface area (Å²) in [6.45, 7) is 2.16. The molecule has 0 bridgehead atoms. The van der Waals surface area contributed by atoms with Gasteiger partial charge >= 0.3 is 5.97 Å². The van der Waals surface area contributed by atoms with Gasteiger partial charge in [-0.1, -0.05) is 6.92 Å². The molecule has 0 aromatic heterocycles. The lowest BCUT2D eigenvalue weighted by molar-refractivity contribution is -0.149. The molecule has 0 saturated carbocycles. The first-order valence-electron chi connectivity index (χ1n) is 4.92. The van der Waals surface area contributed by atoms with E-state index >= 15 is 0 Å². The zero-order valence-corrected chi connectivity index (χ0v) is 9.50. The molecule has 1 heterocycles. The molecule has 0 aromatic rings. The Labute approximate surface area is 93.0 Å². The van der Waals surface area contributed by atoms with Gasteiger partial charge in [-0.15, -0.1) is 11.8 Å². The van der Waals surface area contributed by atoms with Gasteiger partial charge in [-0.25, -0.2) is 4.79 Å². The van der Waals surface area contributed by atoms with Crippen molar-refractivity contribution in [3.05, 3.63) is 0 Å². The number of rotatable bonds is 4. The van der Waals surface area contributed by atoms with E-state index in [0.29, 0.717) is 18.1 Å². The van der Waals surface area contributed by atoms with Crippen LogP contribution in [0.3, 0.4) is 0 Å². The van der Waals surface area contributed by atoms with Crippen molar-refractivity contribution in [3.63, 3.8) is 0 Å². The van der Waals surface area contributed by atoms with E-state index in [1.165, 1.54) is 16.7 Å². The highest BCUT2D eigenvalue weighted by molar-refractivity contribution is 7.99. The number of nitrogens with zero attached hydrogens (tertiary/aromatic N) is 1. The van der Waals surface area contributed by atoms with E-state index in [0.717, 1.165) is 0 Å². The Kier molecular flexibility index (Phi) is 4.41. The van der Waals surface area contributed by atoms with Crippen LogP contribution in [0, 0.1) is 5.92 Å². The number of amides is 1. The highest BCUT2D eigenvalue weighted by Crippen LogP contribution is 2.23. The minimum atomic E-state index is -0.930. The third-order valence-electron chi connectivity index (χ3n) is 2.58. The van der Waals surface area contributed by atoms with E-state index in [9.17, 15) is 9.59 Å². The second-order valence-electron chi connectivity index (χ2n) is 3.50. The monoisotopic (exact) mass is 232 g/mol. The predicted octanol–water partition coefficient (Wildman–Crippen LogP) is -0.0426.